The van der Waals surface area contributed by atoms with Gasteiger partial charge in [0.05, 0.1) is 28.4 Å². The van der Waals surface area contributed by atoms with Gasteiger partial charge in [-0.1, -0.05) is 56.3 Å². The van der Waals surface area contributed by atoms with Crippen LogP contribution in [0.25, 0.3) is 5.57 Å². The number of hydrogen-bond acceptors (Lipinski definition) is 4. The Hall–Kier alpha value is -3.40. The molecule has 0 bridgehead atoms. The molecule has 0 aliphatic heterocycles. The normalized spacial score (nSPS) is 16.8. The highest BCUT2D eigenvalue weighted by Crippen LogP contribution is 2.52. The van der Waals surface area contributed by atoms with E-state index in [1.165, 1.54) is 22.3 Å². The van der Waals surface area contributed by atoms with Gasteiger partial charge in [-0.05, 0) is 58.2 Å². The monoisotopic (exact) mass is 444 g/mol. The van der Waals surface area contributed by atoms with Gasteiger partial charge >= 0.3 is 0 Å². The Morgan fingerprint density at radius 3 is 2.06 bits per heavy atom. The Morgan fingerprint density at radius 1 is 0.727 bits per heavy atom. The van der Waals surface area contributed by atoms with Gasteiger partial charge in [-0.3, -0.25) is 0 Å². The molecule has 3 aromatic carbocycles. The second kappa shape index (κ2) is 9.22. The summed E-state index contributed by atoms with van der Waals surface area (Å²) in [6.45, 7) is 4.60. The van der Waals surface area contributed by atoms with Crippen molar-refractivity contribution in [3.63, 3.8) is 0 Å². The van der Waals surface area contributed by atoms with Crippen molar-refractivity contribution < 1.29 is 18.9 Å². The van der Waals surface area contributed by atoms with E-state index in [1.807, 2.05) is 18.2 Å². The van der Waals surface area contributed by atoms with E-state index in [-0.39, 0.29) is 11.3 Å². The van der Waals surface area contributed by atoms with Crippen LogP contribution in [0.3, 0.4) is 0 Å². The van der Waals surface area contributed by atoms with Gasteiger partial charge in [-0.25, -0.2) is 0 Å². The first-order valence-corrected chi connectivity index (χ1v) is 11.2. The van der Waals surface area contributed by atoms with Gasteiger partial charge in [0.25, 0.3) is 0 Å². The van der Waals surface area contributed by atoms with E-state index < -0.39 is 0 Å². The fourth-order valence-corrected chi connectivity index (χ4v) is 4.98. The molecule has 0 heterocycles. The number of allylic oxidation sites excluding steroid dienone is 1. The Morgan fingerprint density at radius 2 is 1.42 bits per heavy atom. The molecule has 0 amide bonds. The molecule has 1 aliphatic carbocycles. The van der Waals surface area contributed by atoms with E-state index >= 15 is 0 Å². The largest absolute Gasteiger partial charge is 0.497 e. The van der Waals surface area contributed by atoms with Gasteiger partial charge < -0.3 is 18.9 Å². The second-order valence-electron chi connectivity index (χ2n) is 8.86. The summed E-state index contributed by atoms with van der Waals surface area (Å²) in [6, 6.07) is 20.9. The fourth-order valence-electron chi connectivity index (χ4n) is 4.98. The standard InChI is InChI=1S/C29H32O4/c1-29(2)23(20-12-15-25(31-4)26(16-20)32-5)14-13-22(19-10-8-7-9-11-19)28-24(29)17-21(30-3)18-27(28)33-6/h7-13,15-18,23H,14H2,1-6H3. The molecule has 0 N–H and O–H groups in total. The molecule has 0 saturated heterocycles. The third-order valence-corrected chi connectivity index (χ3v) is 6.82. The van der Waals surface area contributed by atoms with E-state index in [1.54, 1.807) is 28.4 Å². The van der Waals surface area contributed by atoms with Crippen molar-refractivity contribution in [1.82, 2.24) is 0 Å². The molecule has 3 aromatic rings. The van der Waals surface area contributed by atoms with Crippen molar-refractivity contribution in [2.24, 2.45) is 0 Å². The molecule has 1 unspecified atom stereocenters. The Balaban J connectivity index is 1.97. The first kappa shape index (κ1) is 22.8. The summed E-state index contributed by atoms with van der Waals surface area (Å²) in [6.07, 6.45) is 3.21. The van der Waals surface area contributed by atoms with E-state index in [0.29, 0.717) is 0 Å². The van der Waals surface area contributed by atoms with E-state index in [2.05, 4.69) is 62.4 Å². The van der Waals surface area contributed by atoms with Crippen LogP contribution in [0.15, 0.2) is 66.7 Å². The second-order valence-corrected chi connectivity index (χ2v) is 8.86. The molecular formula is C29H32O4. The third-order valence-electron chi connectivity index (χ3n) is 6.82. The number of rotatable bonds is 6. The van der Waals surface area contributed by atoms with Crippen LogP contribution in [-0.2, 0) is 5.41 Å². The van der Waals surface area contributed by atoms with Crippen LogP contribution in [0.2, 0.25) is 0 Å². The molecule has 0 fully saturated rings. The van der Waals surface area contributed by atoms with Crippen molar-refractivity contribution in [1.29, 1.82) is 0 Å². The van der Waals surface area contributed by atoms with Crippen molar-refractivity contribution in [2.75, 3.05) is 28.4 Å². The van der Waals surface area contributed by atoms with E-state index in [0.717, 1.165) is 35.0 Å². The molecule has 1 aliphatic rings. The Kier molecular flexibility index (Phi) is 6.37. The zero-order chi connectivity index (χ0) is 23.6. The predicted octanol–water partition coefficient (Wildman–Crippen LogP) is 6.62. The summed E-state index contributed by atoms with van der Waals surface area (Å²) >= 11 is 0. The maximum absolute atomic E-state index is 5.91. The molecular weight excluding hydrogens is 412 g/mol. The lowest BCUT2D eigenvalue weighted by molar-refractivity contribution is 0.351. The molecule has 0 aromatic heterocycles. The fraction of sp³-hybridized carbons (Fsp3) is 0.310. The lowest BCUT2D eigenvalue weighted by atomic mass is 9.68. The highest BCUT2D eigenvalue weighted by molar-refractivity contribution is 5.86. The van der Waals surface area contributed by atoms with Gasteiger partial charge in [0.15, 0.2) is 11.5 Å². The maximum atomic E-state index is 5.91. The Bertz CT molecular complexity index is 1160. The summed E-state index contributed by atoms with van der Waals surface area (Å²) in [5.41, 5.74) is 5.66. The maximum Gasteiger partial charge on any atom is 0.160 e. The van der Waals surface area contributed by atoms with E-state index in [4.69, 9.17) is 18.9 Å². The smallest absolute Gasteiger partial charge is 0.160 e. The summed E-state index contributed by atoms with van der Waals surface area (Å²) < 4.78 is 22.7. The molecule has 0 radical (unpaired) electrons. The van der Waals surface area contributed by atoms with Crippen LogP contribution in [0.5, 0.6) is 23.0 Å². The minimum absolute atomic E-state index is 0.203. The van der Waals surface area contributed by atoms with Gasteiger partial charge in [0.2, 0.25) is 0 Å². The third kappa shape index (κ3) is 4.06. The summed E-state index contributed by atoms with van der Waals surface area (Å²) in [5, 5.41) is 0. The zero-order valence-electron chi connectivity index (χ0n) is 20.3. The predicted molar refractivity (Wildman–Crippen MR) is 133 cm³/mol. The number of ether oxygens (including phenoxy) is 4. The quantitative estimate of drug-likeness (QED) is 0.428. The Labute approximate surface area is 196 Å². The molecule has 33 heavy (non-hydrogen) atoms. The van der Waals surface area contributed by atoms with Crippen molar-refractivity contribution >= 4 is 5.57 Å². The summed E-state index contributed by atoms with van der Waals surface area (Å²) in [7, 11) is 6.76. The van der Waals surface area contributed by atoms with Gasteiger partial charge in [-0.15, -0.1) is 0 Å². The zero-order valence-corrected chi connectivity index (χ0v) is 20.3. The van der Waals surface area contributed by atoms with Crippen LogP contribution in [0.4, 0.5) is 0 Å². The molecule has 0 spiro atoms. The van der Waals surface area contributed by atoms with Crippen LogP contribution in [0.1, 0.15) is 48.4 Å². The van der Waals surface area contributed by atoms with Gasteiger partial charge in [-0.2, -0.15) is 0 Å². The van der Waals surface area contributed by atoms with Crippen molar-refractivity contribution in [3.05, 3.63) is 89.0 Å². The molecule has 172 valence electrons. The number of benzene rings is 3. The summed E-state index contributed by atoms with van der Waals surface area (Å²) in [5.74, 6) is 3.29. The highest BCUT2D eigenvalue weighted by atomic mass is 16.5. The van der Waals surface area contributed by atoms with E-state index in [9.17, 15) is 0 Å². The average molecular weight is 445 g/mol. The lowest BCUT2D eigenvalue weighted by Gasteiger charge is -2.36. The first-order chi connectivity index (χ1) is 15.9. The molecule has 0 saturated carbocycles. The van der Waals surface area contributed by atoms with Crippen LogP contribution in [-0.4, -0.2) is 28.4 Å². The molecule has 4 nitrogen and oxygen atoms in total. The van der Waals surface area contributed by atoms with Crippen LogP contribution in [0, 0.1) is 0 Å². The van der Waals surface area contributed by atoms with Crippen molar-refractivity contribution in [3.8, 4) is 23.0 Å². The van der Waals surface area contributed by atoms with Gasteiger partial charge in [0.1, 0.15) is 11.5 Å². The van der Waals surface area contributed by atoms with Crippen LogP contribution < -0.4 is 18.9 Å². The minimum Gasteiger partial charge on any atom is -0.497 e. The number of hydrogen-bond donors (Lipinski definition) is 0. The molecule has 4 heteroatoms. The highest BCUT2D eigenvalue weighted by Gasteiger charge is 2.38. The lowest BCUT2D eigenvalue weighted by Crippen LogP contribution is -2.27. The number of fused-ring (bicyclic) bond motifs is 1. The first-order valence-electron chi connectivity index (χ1n) is 11.2. The van der Waals surface area contributed by atoms with Crippen molar-refractivity contribution in [2.45, 2.75) is 31.6 Å². The molecule has 4 rings (SSSR count). The van der Waals surface area contributed by atoms with Gasteiger partial charge in [0, 0.05) is 11.6 Å². The topological polar surface area (TPSA) is 36.9 Å². The number of methoxy groups -OCH3 is 4. The SMILES string of the molecule is COc1cc(OC)c2c(c1)C(C)(C)C(c1ccc(OC)c(OC)c1)CC=C2c1ccccc1. The average Bonchev–Trinajstić information content (AvgIpc) is 2.97. The van der Waals surface area contributed by atoms with Crippen LogP contribution >= 0.6 is 0 Å². The summed E-state index contributed by atoms with van der Waals surface area (Å²) in [4.78, 5) is 0. The molecule has 1 atom stereocenters. The minimum atomic E-state index is -0.218.